The van der Waals surface area contributed by atoms with Gasteiger partial charge in [0, 0.05) is 26.2 Å². The molecular formula is C16H28N4O3S. The minimum Gasteiger partial charge on any atom is -0.360 e. The fraction of sp³-hybridized carbons (Fsp3) is 0.812. The summed E-state index contributed by atoms with van der Waals surface area (Å²) in [6, 6.07) is 0. The number of rotatable bonds is 4. The van der Waals surface area contributed by atoms with Crippen molar-refractivity contribution >= 4 is 10.0 Å². The molecular weight excluding hydrogens is 328 g/mol. The summed E-state index contributed by atoms with van der Waals surface area (Å²) in [5.41, 5.74) is 0.446. The molecule has 7 nitrogen and oxygen atoms in total. The third-order valence-electron chi connectivity index (χ3n) is 5.03. The molecule has 3 heterocycles. The van der Waals surface area contributed by atoms with E-state index in [9.17, 15) is 8.42 Å². The van der Waals surface area contributed by atoms with Crippen molar-refractivity contribution in [2.45, 2.75) is 38.0 Å². The Bertz CT molecular complexity index is 633. The highest BCUT2D eigenvalue weighted by Crippen LogP contribution is 2.24. The predicted octanol–water partition coefficient (Wildman–Crippen LogP) is 0.987. The van der Waals surface area contributed by atoms with Gasteiger partial charge in [-0.2, -0.15) is 4.31 Å². The molecule has 8 heteroatoms. The largest absolute Gasteiger partial charge is 0.360 e. The summed E-state index contributed by atoms with van der Waals surface area (Å²) >= 11 is 0. The molecule has 1 N–H and O–H groups in total. The summed E-state index contributed by atoms with van der Waals surface area (Å²) in [6.45, 7) is 9.46. The lowest BCUT2D eigenvalue weighted by Gasteiger charge is -2.29. The van der Waals surface area contributed by atoms with E-state index in [4.69, 9.17) is 4.52 Å². The standard InChI is InChI=1S/C16H28N4O3S/c1-13-16(14(2)23-18-13)24(21,22)20-8-4-7-19(9-10-20)12-15-5-3-6-17-11-15/h15,17H,3-12H2,1-2H3. The molecule has 0 bridgehead atoms. The zero-order valence-corrected chi connectivity index (χ0v) is 15.4. The van der Waals surface area contributed by atoms with Crippen LogP contribution in [0.1, 0.15) is 30.7 Å². The normalized spacial score (nSPS) is 24.8. The third kappa shape index (κ3) is 3.82. The fourth-order valence-electron chi connectivity index (χ4n) is 3.79. The van der Waals surface area contributed by atoms with Crippen LogP contribution in [0.2, 0.25) is 0 Å². The van der Waals surface area contributed by atoms with Crippen LogP contribution >= 0.6 is 0 Å². The maximum absolute atomic E-state index is 12.9. The average molecular weight is 356 g/mol. The van der Waals surface area contributed by atoms with E-state index in [1.165, 1.54) is 12.8 Å². The zero-order chi connectivity index (χ0) is 17.2. The van der Waals surface area contributed by atoms with Crippen molar-refractivity contribution in [3.05, 3.63) is 11.5 Å². The number of hydrogen-bond donors (Lipinski definition) is 1. The summed E-state index contributed by atoms with van der Waals surface area (Å²) < 4.78 is 32.5. The second-order valence-corrected chi connectivity index (χ2v) is 8.80. The van der Waals surface area contributed by atoms with Crippen molar-refractivity contribution in [2.75, 3.05) is 45.8 Å². The van der Waals surface area contributed by atoms with E-state index in [1.54, 1.807) is 18.2 Å². The first-order chi connectivity index (χ1) is 11.5. The van der Waals surface area contributed by atoms with Crippen LogP contribution in [0.15, 0.2) is 9.42 Å². The molecule has 2 aliphatic heterocycles. The lowest BCUT2D eigenvalue weighted by Crippen LogP contribution is -2.40. The summed E-state index contributed by atoms with van der Waals surface area (Å²) in [5.74, 6) is 1.06. The number of sulfonamides is 1. The number of nitrogens with one attached hydrogen (secondary N) is 1. The van der Waals surface area contributed by atoms with Gasteiger partial charge in [0.05, 0.1) is 0 Å². The molecule has 3 rings (SSSR count). The number of aryl methyl sites for hydroxylation is 2. The number of piperidine rings is 1. The quantitative estimate of drug-likeness (QED) is 0.867. The first kappa shape index (κ1) is 17.8. The first-order valence-corrected chi connectivity index (χ1v) is 10.3. The molecule has 2 saturated heterocycles. The predicted molar refractivity (Wildman–Crippen MR) is 91.4 cm³/mol. The Morgan fingerprint density at radius 1 is 1.21 bits per heavy atom. The maximum Gasteiger partial charge on any atom is 0.248 e. The van der Waals surface area contributed by atoms with Crippen LogP contribution in [-0.2, 0) is 10.0 Å². The molecule has 0 aromatic carbocycles. The van der Waals surface area contributed by atoms with Gasteiger partial charge in [0.2, 0.25) is 10.0 Å². The minimum atomic E-state index is -3.52. The highest BCUT2D eigenvalue weighted by molar-refractivity contribution is 7.89. The summed E-state index contributed by atoms with van der Waals surface area (Å²) in [5, 5.41) is 7.25. The van der Waals surface area contributed by atoms with Gasteiger partial charge in [-0.25, -0.2) is 8.42 Å². The lowest BCUT2D eigenvalue weighted by atomic mass is 9.99. The van der Waals surface area contributed by atoms with Gasteiger partial charge in [-0.15, -0.1) is 0 Å². The molecule has 0 saturated carbocycles. The molecule has 2 aliphatic rings. The Hall–Kier alpha value is -0.960. The topological polar surface area (TPSA) is 78.7 Å². The van der Waals surface area contributed by atoms with E-state index in [2.05, 4.69) is 15.4 Å². The van der Waals surface area contributed by atoms with Crippen molar-refractivity contribution < 1.29 is 12.9 Å². The lowest BCUT2D eigenvalue weighted by molar-refractivity contribution is 0.216. The second kappa shape index (κ2) is 7.51. The molecule has 1 unspecified atom stereocenters. The summed E-state index contributed by atoms with van der Waals surface area (Å²) in [7, 11) is -3.52. The maximum atomic E-state index is 12.9. The SMILES string of the molecule is Cc1noc(C)c1S(=O)(=O)N1CCCN(CC2CCCNC2)CC1. The van der Waals surface area contributed by atoms with Crippen LogP contribution in [0.3, 0.4) is 0 Å². The highest BCUT2D eigenvalue weighted by Gasteiger charge is 2.32. The Kier molecular flexibility index (Phi) is 5.59. The Balaban J connectivity index is 1.64. The number of hydrogen-bond acceptors (Lipinski definition) is 6. The zero-order valence-electron chi connectivity index (χ0n) is 14.6. The summed E-state index contributed by atoms with van der Waals surface area (Å²) in [6.07, 6.45) is 3.37. The van der Waals surface area contributed by atoms with Crippen molar-refractivity contribution in [1.29, 1.82) is 0 Å². The van der Waals surface area contributed by atoms with E-state index < -0.39 is 10.0 Å². The van der Waals surface area contributed by atoms with Crippen molar-refractivity contribution in [1.82, 2.24) is 19.7 Å². The first-order valence-electron chi connectivity index (χ1n) is 8.84. The molecule has 0 radical (unpaired) electrons. The van der Waals surface area contributed by atoms with E-state index >= 15 is 0 Å². The van der Waals surface area contributed by atoms with Crippen LogP contribution in [0, 0.1) is 19.8 Å². The molecule has 1 atom stereocenters. The van der Waals surface area contributed by atoms with Crippen LogP contribution in [0.25, 0.3) is 0 Å². The molecule has 0 spiro atoms. The van der Waals surface area contributed by atoms with E-state index in [1.807, 2.05) is 0 Å². The van der Waals surface area contributed by atoms with Gasteiger partial charge < -0.3 is 14.7 Å². The molecule has 136 valence electrons. The van der Waals surface area contributed by atoms with E-state index in [0.29, 0.717) is 30.5 Å². The molecule has 2 fully saturated rings. The molecule has 24 heavy (non-hydrogen) atoms. The van der Waals surface area contributed by atoms with Crippen molar-refractivity contribution in [3.63, 3.8) is 0 Å². The Morgan fingerprint density at radius 2 is 2.04 bits per heavy atom. The van der Waals surface area contributed by atoms with E-state index in [-0.39, 0.29) is 4.90 Å². The number of nitrogens with zero attached hydrogens (tertiary/aromatic N) is 3. The fourth-order valence-corrected chi connectivity index (χ4v) is 5.55. The average Bonchev–Trinajstić information content (AvgIpc) is 2.75. The van der Waals surface area contributed by atoms with Gasteiger partial charge in [-0.1, -0.05) is 5.16 Å². The summed E-state index contributed by atoms with van der Waals surface area (Å²) in [4.78, 5) is 2.66. The van der Waals surface area contributed by atoms with E-state index in [0.717, 1.165) is 39.1 Å². The number of aromatic nitrogens is 1. The minimum absolute atomic E-state index is 0.243. The monoisotopic (exact) mass is 356 g/mol. The van der Waals surface area contributed by atoms with Crippen molar-refractivity contribution in [3.8, 4) is 0 Å². The molecule has 0 amide bonds. The Morgan fingerprint density at radius 3 is 2.71 bits per heavy atom. The van der Waals surface area contributed by atoms with Gasteiger partial charge in [0.15, 0.2) is 5.76 Å². The third-order valence-corrected chi connectivity index (χ3v) is 7.17. The van der Waals surface area contributed by atoms with Gasteiger partial charge >= 0.3 is 0 Å². The van der Waals surface area contributed by atoms with Gasteiger partial charge in [-0.05, 0) is 58.7 Å². The van der Waals surface area contributed by atoms with Gasteiger partial charge in [-0.3, -0.25) is 0 Å². The van der Waals surface area contributed by atoms with Gasteiger partial charge in [0.25, 0.3) is 0 Å². The highest BCUT2D eigenvalue weighted by atomic mass is 32.2. The van der Waals surface area contributed by atoms with Gasteiger partial charge in [0.1, 0.15) is 10.6 Å². The second-order valence-electron chi connectivity index (χ2n) is 6.92. The molecule has 0 aliphatic carbocycles. The van der Waals surface area contributed by atoms with Crippen molar-refractivity contribution in [2.24, 2.45) is 5.92 Å². The van der Waals surface area contributed by atoms with Crippen LogP contribution in [-0.4, -0.2) is 68.6 Å². The van der Waals surface area contributed by atoms with Crippen LogP contribution in [0.4, 0.5) is 0 Å². The van der Waals surface area contributed by atoms with Crippen LogP contribution < -0.4 is 5.32 Å². The Labute approximate surface area is 144 Å². The smallest absolute Gasteiger partial charge is 0.248 e. The molecule has 1 aromatic heterocycles. The van der Waals surface area contributed by atoms with Crippen LogP contribution in [0.5, 0.6) is 0 Å². The molecule has 1 aromatic rings.